The van der Waals surface area contributed by atoms with Crippen LogP contribution in [0.25, 0.3) is 0 Å². The first-order chi connectivity index (χ1) is 24.8. The van der Waals surface area contributed by atoms with Crippen LogP contribution < -0.4 is 9.05 Å². The highest BCUT2D eigenvalue weighted by Crippen LogP contribution is 2.52. The predicted molar refractivity (Wildman–Crippen MR) is 215 cm³/mol. The van der Waals surface area contributed by atoms with Gasteiger partial charge < -0.3 is 54.3 Å². The van der Waals surface area contributed by atoms with Crippen molar-refractivity contribution >= 4 is 42.3 Å². The van der Waals surface area contributed by atoms with Crippen molar-refractivity contribution in [2.24, 2.45) is 5.41 Å². The summed E-state index contributed by atoms with van der Waals surface area (Å²) in [6, 6.07) is 4.43. The van der Waals surface area contributed by atoms with Crippen LogP contribution in [0, 0.1) is 47.0 Å². The molecule has 5 rings (SSSR count). The van der Waals surface area contributed by atoms with E-state index >= 15 is 0 Å². The molecule has 0 amide bonds. The second-order valence-electron chi connectivity index (χ2n) is 12.1. The summed E-state index contributed by atoms with van der Waals surface area (Å²) in [5.41, 5.74) is 10.2. The summed E-state index contributed by atoms with van der Waals surface area (Å²) in [6.45, 7) is 21.3. The molecular weight excluding hydrogens is 767 g/mol. The number of hydrogen-bond donors (Lipinski definition) is 0. The Morgan fingerprint density at radius 3 is 1.15 bits per heavy atom. The van der Waals surface area contributed by atoms with Gasteiger partial charge in [0.2, 0.25) is 0 Å². The van der Waals surface area contributed by atoms with Crippen LogP contribution >= 0.6 is 42.3 Å². The molecule has 0 unspecified atom stereocenters. The van der Waals surface area contributed by atoms with Crippen LogP contribution in [0.3, 0.4) is 0 Å². The largest absolute Gasteiger partial charge is 0.438 e. The third-order valence-electron chi connectivity index (χ3n) is 8.55. The molecule has 1 spiro atoms. The van der Waals surface area contributed by atoms with Gasteiger partial charge in [-0.05, 0) is 74.9 Å². The van der Waals surface area contributed by atoms with Crippen molar-refractivity contribution in [3.05, 3.63) is 56.6 Å². The smallest absolute Gasteiger partial charge is 0.332 e. The summed E-state index contributed by atoms with van der Waals surface area (Å²) in [6.07, 6.45) is 2.82. The molecule has 2 fully saturated rings. The van der Waals surface area contributed by atoms with E-state index in [-0.39, 0.29) is 5.41 Å². The summed E-state index contributed by atoms with van der Waals surface area (Å²) in [7, 11) is 5.37. The van der Waals surface area contributed by atoms with Gasteiger partial charge in [-0.1, -0.05) is 26.0 Å². The SMILES string of the molecule is CCP(OC)OC.CCP(OC)OC.COP1OCC2(CO1)COP(OC)OC2.Cc1cc(C)c2c(c1C)Cc1c(C)c(C)cc(C)c1OP(C)O2. The van der Waals surface area contributed by atoms with Gasteiger partial charge in [0.1, 0.15) is 11.5 Å². The van der Waals surface area contributed by atoms with Crippen molar-refractivity contribution in [2.45, 2.75) is 61.8 Å². The molecule has 52 heavy (non-hydrogen) atoms. The first kappa shape index (κ1) is 47.9. The first-order valence-corrected chi connectivity index (χ1v) is 23.5. The average molecular weight is 829 g/mol. The lowest BCUT2D eigenvalue weighted by Gasteiger charge is -2.41. The Kier molecular flexibility index (Phi) is 22.5. The van der Waals surface area contributed by atoms with Gasteiger partial charge in [0.05, 0.1) is 31.8 Å². The Bertz CT molecular complexity index is 1230. The zero-order valence-corrected chi connectivity index (χ0v) is 38.2. The van der Waals surface area contributed by atoms with Crippen molar-refractivity contribution in [3.63, 3.8) is 0 Å². The van der Waals surface area contributed by atoms with E-state index in [1.165, 1.54) is 44.5 Å². The van der Waals surface area contributed by atoms with Crippen LogP contribution in [-0.4, -0.2) is 88.1 Å². The Morgan fingerprint density at radius 1 is 0.577 bits per heavy atom. The standard InChI is InChI=1S/C20H25O2P.C7H14O6P2.2C4H11O2P/c1-11-8-13(3)19-17(15(11)5)10-18-16(6)12(2)9-14(4)20(18)22-23(7)21-19;1-8-14-10-3-7(4-11-14)5-12-15(9-2)13-6-7;2*1-4-7(5-2)6-3/h8-9H,10H2,1-7H3;3-6H2,1-2H3;2*4H2,1-3H3. The minimum absolute atomic E-state index is 0.200. The van der Waals surface area contributed by atoms with E-state index < -0.39 is 42.3 Å². The molecule has 17 heteroatoms. The fourth-order valence-electron chi connectivity index (χ4n) is 5.38. The Morgan fingerprint density at radius 2 is 0.904 bits per heavy atom. The summed E-state index contributed by atoms with van der Waals surface area (Å²) < 4.78 is 63.7. The third-order valence-corrected chi connectivity index (χ3v) is 14.0. The molecule has 0 bridgehead atoms. The normalized spacial score (nSPS) is 21.2. The summed E-state index contributed by atoms with van der Waals surface area (Å²) >= 11 is 0. The Labute approximate surface area is 319 Å². The quantitative estimate of drug-likeness (QED) is 0.236. The van der Waals surface area contributed by atoms with Crippen molar-refractivity contribution in [3.8, 4) is 11.5 Å². The lowest BCUT2D eigenvalue weighted by Crippen LogP contribution is -2.44. The maximum Gasteiger partial charge on any atom is 0.332 e. The molecule has 0 N–H and O–H groups in total. The minimum Gasteiger partial charge on any atom is -0.438 e. The van der Waals surface area contributed by atoms with E-state index in [1.54, 1.807) is 42.7 Å². The molecule has 0 radical (unpaired) electrons. The lowest BCUT2D eigenvalue weighted by molar-refractivity contribution is -0.0729. The van der Waals surface area contributed by atoms with Gasteiger partial charge in [-0.15, -0.1) is 0 Å². The fraction of sp³-hybridized carbons (Fsp3) is 0.657. The monoisotopic (exact) mass is 828 g/mol. The number of hydrogen-bond acceptors (Lipinski definition) is 12. The summed E-state index contributed by atoms with van der Waals surface area (Å²) in [4.78, 5) is 0. The molecule has 0 atom stereocenters. The van der Waals surface area contributed by atoms with E-state index in [4.69, 9.17) is 54.3 Å². The van der Waals surface area contributed by atoms with Crippen molar-refractivity contribution < 1.29 is 54.3 Å². The molecular formula is C35H61O12P5. The minimum atomic E-state index is -1.17. The fourth-order valence-corrected chi connectivity index (χ4v) is 9.86. The Hall–Kier alpha value is -0.210. The van der Waals surface area contributed by atoms with Crippen molar-refractivity contribution in [2.75, 3.05) is 88.1 Å². The maximum absolute atomic E-state index is 6.23. The maximum atomic E-state index is 6.23. The summed E-state index contributed by atoms with van der Waals surface area (Å²) in [5.74, 6) is 2.04. The molecule has 2 saturated heterocycles. The van der Waals surface area contributed by atoms with Crippen LogP contribution in [-0.2, 0) is 51.7 Å². The molecule has 3 aliphatic heterocycles. The van der Waals surface area contributed by atoms with E-state index in [2.05, 4.69) is 53.7 Å². The molecule has 12 nitrogen and oxygen atoms in total. The van der Waals surface area contributed by atoms with Gasteiger partial charge in [-0.25, -0.2) is 0 Å². The molecule has 0 aromatic heterocycles. The Balaban J connectivity index is 0.000000276. The van der Waals surface area contributed by atoms with E-state index in [9.17, 15) is 0 Å². The van der Waals surface area contributed by atoms with Crippen LogP contribution in [0.1, 0.15) is 58.4 Å². The third kappa shape index (κ3) is 14.1. The molecule has 0 saturated carbocycles. The van der Waals surface area contributed by atoms with Gasteiger partial charge in [0, 0.05) is 79.2 Å². The topological polar surface area (TPSA) is 111 Å². The molecule has 3 aliphatic rings. The molecule has 298 valence electrons. The highest BCUT2D eigenvalue weighted by Gasteiger charge is 2.43. The highest BCUT2D eigenvalue weighted by atomic mass is 31.2. The number of fused-ring (bicyclic) bond motifs is 2. The zero-order valence-electron chi connectivity index (χ0n) is 33.7. The number of rotatable bonds is 8. The van der Waals surface area contributed by atoms with Crippen LogP contribution in [0.5, 0.6) is 11.5 Å². The zero-order chi connectivity index (χ0) is 39.0. The van der Waals surface area contributed by atoms with Crippen LogP contribution in [0.15, 0.2) is 12.1 Å². The van der Waals surface area contributed by atoms with Crippen LogP contribution in [0.2, 0.25) is 0 Å². The molecule has 3 heterocycles. The van der Waals surface area contributed by atoms with Gasteiger partial charge in [0.25, 0.3) is 8.38 Å². The van der Waals surface area contributed by atoms with Gasteiger partial charge in [-0.2, -0.15) is 0 Å². The predicted octanol–water partition coefficient (Wildman–Crippen LogP) is 10.9. The van der Waals surface area contributed by atoms with Gasteiger partial charge in [0.15, 0.2) is 16.8 Å². The van der Waals surface area contributed by atoms with E-state index in [0.717, 1.165) is 30.2 Å². The number of benzene rings is 2. The van der Waals surface area contributed by atoms with Crippen molar-refractivity contribution in [1.29, 1.82) is 0 Å². The second kappa shape index (κ2) is 24.4. The van der Waals surface area contributed by atoms with E-state index in [0.29, 0.717) is 26.4 Å². The summed E-state index contributed by atoms with van der Waals surface area (Å²) in [5, 5.41) is 0. The lowest BCUT2D eigenvalue weighted by atomic mass is 9.89. The van der Waals surface area contributed by atoms with E-state index in [1.807, 2.05) is 20.5 Å². The molecule has 0 aliphatic carbocycles. The molecule has 2 aromatic rings. The molecule has 2 aromatic carbocycles. The van der Waals surface area contributed by atoms with Crippen molar-refractivity contribution in [1.82, 2.24) is 0 Å². The highest BCUT2D eigenvalue weighted by molar-refractivity contribution is 7.47. The van der Waals surface area contributed by atoms with Crippen LogP contribution in [0.4, 0.5) is 0 Å². The average Bonchev–Trinajstić information content (AvgIpc) is 3.14. The number of aryl methyl sites for hydroxylation is 4. The van der Waals surface area contributed by atoms with Gasteiger partial charge in [-0.3, -0.25) is 0 Å². The first-order valence-electron chi connectivity index (χ1n) is 17.0. The van der Waals surface area contributed by atoms with Gasteiger partial charge >= 0.3 is 17.2 Å². The second-order valence-corrected chi connectivity index (χ2v) is 20.1.